The van der Waals surface area contributed by atoms with Gasteiger partial charge in [-0.2, -0.15) is 0 Å². The number of aliphatic hydroxyl groups is 1. The molecule has 0 aliphatic heterocycles. The molecule has 2 aromatic rings. The minimum Gasteiger partial charge on any atom is -0.491 e. The third-order valence-electron chi connectivity index (χ3n) is 2.44. The van der Waals surface area contributed by atoms with Crippen LogP contribution in [-0.2, 0) is 0 Å². The number of rotatable bonds is 6. The number of aliphatic hydroxyl groups excluding tert-OH is 1. The highest BCUT2D eigenvalue weighted by atomic mass is 79.9. The van der Waals surface area contributed by atoms with Gasteiger partial charge in [0.25, 0.3) is 0 Å². The molecule has 0 aliphatic carbocycles. The van der Waals surface area contributed by atoms with Gasteiger partial charge in [0.05, 0.1) is 0 Å². The predicted molar refractivity (Wildman–Crippen MR) is 77.6 cm³/mol. The lowest BCUT2D eigenvalue weighted by Crippen LogP contribution is -2.25. The second-order valence-electron chi connectivity index (χ2n) is 4.04. The van der Waals surface area contributed by atoms with Crippen LogP contribution in [0.5, 0.6) is 11.5 Å². The zero-order valence-corrected chi connectivity index (χ0v) is 11.9. The van der Waals surface area contributed by atoms with E-state index in [1.807, 2.05) is 54.6 Å². The average molecular weight is 323 g/mol. The van der Waals surface area contributed by atoms with Crippen molar-refractivity contribution in [3.05, 3.63) is 59.1 Å². The van der Waals surface area contributed by atoms with Crippen molar-refractivity contribution in [3.63, 3.8) is 0 Å². The molecule has 0 fully saturated rings. The Bertz CT molecular complexity index is 485. The molecule has 2 aromatic carbocycles. The van der Waals surface area contributed by atoms with Crippen molar-refractivity contribution in [2.24, 2.45) is 0 Å². The van der Waals surface area contributed by atoms with Gasteiger partial charge in [0.2, 0.25) is 0 Å². The van der Waals surface area contributed by atoms with Gasteiger partial charge in [0.15, 0.2) is 0 Å². The van der Waals surface area contributed by atoms with Crippen molar-refractivity contribution in [1.82, 2.24) is 0 Å². The summed E-state index contributed by atoms with van der Waals surface area (Å²) in [5.41, 5.74) is 0. The van der Waals surface area contributed by atoms with Gasteiger partial charge < -0.3 is 14.6 Å². The lowest BCUT2D eigenvalue weighted by atomic mass is 10.3. The highest BCUT2D eigenvalue weighted by Gasteiger charge is 2.06. The first-order valence-electron chi connectivity index (χ1n) is 5.98. The van der Waals surface area contributed by atoms with E-state index >= 15 is 0 Å². The molecular formula is C15H15BrO3. The fraction of sp³-hybridized carbons (Fsp3) is 0.200. The lowest BCUT2D eigenvalue weighted by molar-refractivity contribution is 0.0626. The summed E-state index contributed by atoms with van der Waals surface area (Å²) in [5.74, 6) is 1.46. The maximum Gasteiger partial charge on any atom is 0.122 e. The number of halogens is 1. The van der Waals surface area contributed by atoms with Crippen LogP contribution in [0.15, 0.2) is 59.1 Å². The van der Waals surface area contributed by atoms with E-state index in [1.165, 1.54) is 0 Å². The van der Waals surface area contributed by atoms with E-state index in [1.54, 1.807) is 0 Å². The van der Waals surface area contributed by atoms with Crippen molar-refractivity contribution < 1.29 is 14.6 Å². The Labute approximate surface area is 120 Å². The van der Waals surface area contributed by atoms with Crippen LogP contribution < -0.4 is 9.47 Å². The molecule has 0 heterocycles. The average Bonchev–Trinajstić information content (AvgIpc) is 2.45. The molecule has 0 aromatic heterocycles. The van der Waals surface area contributed by atoms with Crippen LogP contribution in [-0.4, -0.2) is 24.4 Å². The van der Waals surface area contributed by atoms with Crippen LogP contribution in [0.25, 0.3) is 0 Å². The molecule has 0 bridgehead atoms. The third-order valence-corrected chi connectivity index (χ3v) is 2.97. The first-order chi connectivity index (χ1) is 9.24. The number of para-hydroxylation sites is 1. The monoisotopic (exact) mass is 322 g/mol. The highest BCUT2D eigenvalue weighted by Crippen LogP contribution is 2.16. The van der Waals surface area contributed by atoms with Gasteiger partial charge in [-0.3, -0.25) is 0 Å². The summed E-state index contributed by atoms with van der Waals surface area (Å²) >= 11 is 3.35. The molecular weight excluding hydrogens is 308 g/mol. The van der Waals surface area contributed by atoms with Gasteiger partial charge in [-0.1, -0.05) is 34.1 Å². The van der Waals surface area contributed by atoms with Gasteiger partial charge in [-0.05, 0) is 36.4 Å². The van der Waals surface area contributed by atoms with Gasteiger partial charge in [0, 0.05) is 4.47 Å². The van der Waals surface area contributed by atoms with E-state index in [2.05, 4.69) is 15.9 Å². The van der Waals surface area contributed by atoms with Crippen LogP contribution in [0.2, 0.25) is 0 Å². The molecule has 3 nitrogen and oxygen atoms in total. The predicted octanol–water partition coefficient (Wildman–Crippen LogP) is 3.27. The maximum atomic E-state index is 9.77. The first-order valence-corrected chi connectivity index (χ1v) is 6.77. The number of benzene rings is 2. The molecule has 0 saturated heterocycles. The Morgan fingerprint density at radius 1 is 0.842 bits per heavy atom. The summed E-state index contributed by atoms with van der Waals surface area (Å²) in [6, 6.07) is 16.9. The molecule has 2 rings (SSSR count). The largest absolute Gasteiger partial charge is 0.491 e. The van der Waals surface area contributed by atoms with Crippen LogP contribution in [0, 0.1) is 0 Å². The Morgan fingerprint density at radius 3 is 1.95 bits per heavy atom. The molecule has 19 heavy (non-hydrogen) atoms. The Kier molecular flexibility index (Phi) is 5.24. The van der Waals surface area contributed by atoms with Crippen molar-refractivity contribution in [3.8, 4) is 11.5 Å². The Morgan fingerprint density at radius 2 is 1.37 bits per heavy atom. The van der Waals surface area contributed by atoms with Crippen LogP contribution >= 0.6 is 15.9 Å². The van der Waals surface area contributed by atoms with Crippen LogP contribution in [0.1, 0.15) is 0 Å². The number of ether oxygens (including phenoxy) is 2. The molecule has 4 heteroatoms. The zero-order valence-electron chi connectivity index (χ0n) is 10.3. The van der Waals surface area contributed by atoms with E-state index in [9.17, 15) is 5.11 Å². The highest BCUT2D eigenvalue weighted by molar-refractivity contribution is 9.10. The quantitative estimate of drug-likeness (QED) is 0.887. The molecule has 0 amide bonds. The molecule has 0 aliphatic rings. The summed E-state index contributed by atoms with van der Waals surface area (Å²) in [4.78, 5) is 0. The standard InChI is InChI=1S/C15H15BrO3/c16-12-6-8-15(9-7-12)19-11-13(17)10-18-14-4-2-1-3-5-14/h1-9,13,17H,10-11H2. The van der Waals surface area contributed by atoms with Gasteiger partial charge in [-0.15, -0.1) is 0 Å². The summed E-state index contributed by atoms with van der Waals surface area (Å²) in [5, 5.41) is 9.77. The van der Waals surface area contributed by atoms with Crippen LogP contribution in [0.4, 0.5) is 0 Å². The zero-order chi connectivity index (χ0) is 13.5. The molecule has 0 saturated carbocycles. The van der Waals surface area contributed by atoms with Gasteiger partial charge in [0.1, 0.15) is 30.8 Å². The SMILES string of the molecule is OC(COc1ccccc1)COc1ccc(Br)cc1. The van der Waals surface area contributed by atoms with Crippen molar-refractivity contribution in [1.29, 1.82) is 0 Å². The fourth-order valence-corrected chi connectivity index (χ4v) is 1.74. The second-order valence-corrected chi connectivity index (χ2v) is 4.96. The van der Waals surface area contributed by atoms with E-state index in [0.717, 1.165) is 16.0 Å². The summed E-state index contributed by atoms with van der Waals surface area (Å²) in [7, 11) is 0. The van der Waals surface area contributed by atoms with E-state index in [-0.39, 0.29) is 13.2 Å². The summed E-state index contributed by atoms with van der Waals surface area (Å²) < 4.78 is 11.9. The van der Waals surface area contributed by atoms with Crippen molar-refractivity contribution >= 4 is 15.9 Å². The van der Waals surface area contributed by atoms with E-state index in [4.69, 9.17) is 9.47 Å². The first kappa shape index (κ1) is 13.9. The maximum absolute atomic E-state index is 9.77. The summed E-state index contributed by atoms with van der Waals surface area (Å²) in [6.07, 6.45) is -0.663. The number of hydrogen-bond acceptors (Lipinski definition) is 3. The van der Waals surface area contributed by atoms with Gasteiger partial charge in [-0.25, -0.2) is 0 Å². The minimum atomic E-state index is -0.663. The molecule has 100 valence electrons. The molecule has 0 spiro atoms. The third kappa shape index (κ3) is 4.93. The normalized spacial score (nSPS) is 11.9. The smallest absolute Gasteiger partial charge is 0.122 e. The van der Waals surface area contributed by atoms with Crippen LogP contribution in [0.3, 0.4) is 0 Å². The summed E-state index contributed by atoms with van der Waals surface area (Å²) in [6.45, 7) is 0.412. The van der Waals surface area contributed by atoms with E-state index in [0.29, 0.717) is 0 Å². The minimum absolute atomic E-state index is 0.203. The molecule has 1 unspecified atom stereocenters. The second kappa shape index (κ2) is 7.16. The lowest BCUT2D eigenvalue weighted by Gasteiger charge is -2.13. The fourth-order valence-electron chi connectivity index (χ4n) is 1.48. The Balaban J connectivity index is 1.72. The van der Waals surface area contributed by atoms with Crippen molar-refractivity contribution in [2.75, 3.05) is 13.2 Å². The molecule has 0 radical (unpaired) electrons. The molecule has 1 N–H and O–H groups in total. The Hall–Kier alpha value is -1.52. The molecule has 1 atom stereocenters. The van der Waals surface area contributed by atoms with E-state index < -0.39 is 6.10 Å². The van der Waals surface area contributed by atoms with Crippen molar-refractivity contribution in [2.45, 2.75) is 6.10 Å². The van der Waals surface area contributed by atoms with Gasteiger partial charge >= 0.3 is 0 Å². The topological polar surface area (TPSA) is 38.7 Å². The number of hydrogen-bond donors (Lipinski definition) is 1.